The molecule has 7 aromatic rings. The number of aryl methyl sites for hydroxylation is 1. The van der Waals surface area contributed by atoms with Crippen molar-refractivity contribution < 1.29 is 0 Å². The van der Waals surface area contributed by atoms with E-state index in [4.69, 9.17) is 0 Å². The van der Waals surface area contributed by atoms with E-state index in [1.165, 1.54) is 82.4 Å². The number of allylic oxidation sites excluding steroid dienone is 1. The van der Waals surface area contributed by atoms with Gasteiger partial charge in [0.15, 0.2) is 0 Å². The molecule has 0 fully saturated rings. The van der Waals surface area contributed by atoms with E-state index in [-0.39, 0.29) is 0 Å². The summed E-state index contributed by atoms with van der Waals surface area (Å²) < 4.78 is 0. The molecular formula is C42H31N. The predicted octanol–water partition coefficient (Wildman–Crippen LogP) is 11.7. The average molecular weight is 550 g/mol. The fraction of sp³-hybridized carbons (Fsp3) is 0.0714. The summed E-state index contributed by atoms with van der Waals surface area (Å²) in [5.74, 6) is 0. The molecular weight excluding hydrogens is 518 g/mol. The van der Waals surface area contributed by atoms with Gasteiger partial charge in [-0.2, -0.15) is 0 Å². The molecule has 0 unspecified atom stereocenters. The molecule has 0 N–H and O–H groups in total. The van der Waals surface area contributed by atoms with Crippen LogP contribution in [-0.4, -0.2) is 6.21 Å². The maximum absolute atomic E-state index is 4.36. The SMILES string of the molecule is Cc1cc(-c2ccc(C3=CN=CCC3)cc2)ccc1-c1c2ccccc2c(-c2ccc3ccccc3c2)c2ccccc12. The van der Waals surface area contributed by atoms with E-state index >= 15 is 0 Å². The van der Waals surface area contributed by atoms with Crippen LogP contribution in [0.4, 0.5) is 0 Å². The van der Waals surface area contributed by atoms with E-state index in [1.807, 2.05) is 12.4 Å². The Labute approximate surface area is 252 Å². The molecule has 0 aromatic heterocycles. The molecule has 0 radical (unpaired) electrons. The van der Waals surface area contributed by atoms with Gasteiger partial charge in [0, 0.05) is 12.4 Å². The standard InChI is InChI=1S/C42H31N/c1-28-25-33(30-16-18-31(19-17-30)35-11-8-24-43-27-35)22-23-36(28)42-39-14-6-4-12-37(39)41(38-13-5-7-15-40(38)42)34-21-20-29-9-2-3-10-32(29)26-34/h2-7,9-10,12-27H,8,11H2,1H3. The number of aliphatic imine (C=N–C) groups is 1. The summed E-state index contributed by atoms with van der Waals surface area (Å²) in [6, 6.07) is 49.2. The first-order valence-corrected chi connectivity index (χ1v) is 15.1. The van der Waals surface area contributed by atoms with Crippen molar-refractivity contribution in [3.63, 3.8) is 0 Å². The molecule has 1 heterocycles. The molecule has 8 rings (SSSR count). The van der Waals surface area contributed by atoms with Crippen LogP contribution in [0.3, 0.4) is 0 Å². The summed E-state index contributed by atoms with van der Waals surface area (Å²) in [6.45, 7) is 2.25. The van der Waals surface area contributed by atoms with E-state index in [0.717, 1.165) is 12.8 Å². The van der Waals surface area contributed by atoms with Crippen LogP contribution in [0, 0.1) is 6.92 Å². The molecule has 0 bridgehead atoms. The van der Waals surface area contributed by atoms with Gasteiger partial charge in [-0.15, -0.1) is 0 Å². The van der Waals surface area contributed by atoms with Crippen molar-refractivity contribution in [3.05, 3.63) is 151 Å². The quantitative estimate of drug-likeness (QED) is 0.194. The van der Waals surface area contributed by atoms with Crippen molar-refractivity contribution in [1.82, 2.24) is 0 Å². The molecule has 0 amide bonds. The highest BCUT2D eigenvalue weighted by atomic mass is 14.7. The number of hydrogen-bond donors (Lipinski definition) is 0. The zero-order valence-corrected chi connectivity index (χ0v) is 24.2. The second kappa shape index (κ2) is 10.5. The molecule has 0 saturated heterocycles. The molecule has 0 aliphatic carbocycles. The zero-order chi connectivity index (χ0) is 28.8. The van der Waals surface area contributed by atoms with E-state index in [2.05, 4.69) is 145 Å². The first kappa shape index (κ1) is 25.4. The highest BCUT2D eigenvalue weighted by molar-refractivity contribution is 6.22. The monoisotopic (exact) mass is 549 g/mol. The van der Waals surface area contributed by atoms with Crippen LogP contribution in [0.5, 0.6) is 0 Å². The summed E-state index contributed by atoms with van der Waals surface area (Å²) >= 11 is 0. The molecule has 1 nitrogen and oxygen atoms in total. The molecule has 1 aliphatic heterocycles. The van der Waals surface area contributed by atoms with E-state index in [1.54, 1.807) is 0 Å². The molecule has 1 heteroatoms. The van der Waals surface area contributed by atoms with E-state index in [9.17, 15) is 0 Å². The third kappa shape index (κ3) is 4.45. The van der Waals surface area contributed by atoms with E-state index in [0.29, 0.717) is 0 Å². The summed E-state index contributed by atoms with van der Waals surface area (Å²) in [6.07, 6.45) is 6.06. The lowest BCUT2D eigenvalue weighted by molar-refractivity contribution is 1.10. The van der Waals surface area contributed by atoms with Crippen molar-refractivity contribution in [2.75, 3.05) is 0 Å². The van der Waals surface area contributed by atoms with Crippen LogP contribution in [-0.2, 0) is 0 Å². The first-order chi connectivity index (χ1) is 21.2. The molecule has 43 heavy (non-hydrogen) atoms. The summed E-state index contributed by atoms with van der Waals surface area (Å²) in [5.41, 5.74) is 11.5. The maximum atomic E-state index is 4.36. The van der Waals surface area contributed by atoms with Gasteiger partial charge in [0.1, 0.15) is 0 Å². The van der Waals surface area contributed by atoms with Gasteiger partial charge in [0.2, 0.25) is 0 Å². The van der Waals surface area contributed by atoms with Crippen LogP contribution in [0.1, 0.15) is 24.0 Å². The third-order valence-electron chi connectivity index (χ3n) is 8.93. The Morgan fingerprint density at radius 2 is 1.07 bits per heavy atom. The van der Waals surface area contributed by atoms with Crippen LogP contribution >= 0.6 is 0 Å². The highest BCUT2D eigenvalue weighted by Gasteiger charge is 2.18. The number of nitrogens with zero attached hydrogens (tertiary/aromatic N) is 1. The smallest absolute Gasteiger partial charge is 0.0302 e. The van der Waals surface area contributed by atoms with Gasteiger partial charge in [-0.1, -0.05) is 127 Å². The maximum Gasteiger partial charge on any atom is 0.0302 e. The Hall–Kier alpha value is -5.27. The minimum atomic E-state index is 1.01. The molecule has 7 aromatic carbocycles. The number of hydrogen-bond acceptors (Lipinski definition) is 1. The fourth-order valence-corrected chi connectivity index (χ4v) is 6.80. The van der Waals surface area contributed by atoms with Crippen LogP contribution in [0.15, 0.2) is 145 Å². The average Bonchev–Trinajstić information content (AvgIpc) is 3.07. The zero-order valence-electron chi connectivity index (χ0n) is 24.2. The van der Waals surface area contributed by atoms with E-state index < -0.39 is 0 Å². The van der Waals surface area contributed by atoms with Crippen LogP contribution < -0.4 is 0 Å². The first-order valence-electron chi connectivity index (χ1n) is 15.1. The van der Waals surface area contributed by atoms with Gasteiger partial charge < -0.3 is 0 Å². The summed E-state index contributed by atoms with van der Waals surface area (Å²) in [4.78, 5) is 4.36. The summed E-state index contributed by atoms with van der Waals surface area (Å²) in [7, 11) is 0. The molecule has 204 valence electrons. The Morgan fingerprint density at radius 1 is 0.488 bits per heavy atom. The van der Waals surface area contributed by atoms with Crippen molar-refractivity contribution in [2.45, 2.75) is 19.8 Å². The molecule has 0 atom stereocenters. The largest absolute Gasteiger partial charge is 0.269 e. The second-order valence-electron chi connectivity index (χ2n) is 11.5. The second-order valence-corrected chi connectivity index (χ2v) is 11.5. The molecule has 0 saturated carbocycles. The minimum absolute atomic E-state index is 1.01. The third-order valence-corrected chi connectivity index (χ3v) is 8.93. The number of rotatable bonds is 4. The fourth-order valence-electron chi connectivity index (χ4n) is 6.80. The normalized spacial score (nSPS) is 13.1. The Bertz CT molecular complexity index is 2170. The lowest BCUT2D eigenvalue weighted by atomic mass is 9.84. The van der Waals surface area contributed by atoms with Crippen molar-refractivity contribution in [2.24, 2.45) is 4.99 Å². The molecule has 1 aliphatic rings. The predicted molar refractivity (Wildman–Crippen MR) is 186 cm³/mol. The van der Waals surface area contributed by atoms with Crippen LogP contribution in [0.2, 0.25) is 0 Å². The van der Waals surface area contributed by atoms with Gasteiger partial charge in [-0.3, -0.25) is 4.99 Å². The Balaban J connectivity index is 1.28. The van der Waals surface area contributed by atoms with Gasteiger partial charge >= 0.3 is 0 Å². The van der Waals surface area contributed by atoms with Crippen molar-refractivity contribution >= 4 is 44.1 Å². The minimum Gasteiger partial charge on any atom is -0.269 e. The number of fused-ring (bicyclic) bond motifs is 3. The lowest BCUT2D eigenvalue weighted by Gasteiger charge is -2.19. The topological polar surface area (TPSA) is 12.4 Å². The van der Waals surface area contributed by atoms with Gasteiger partial charge in [-0.25, -0.2) is 0 Å². The summed E-state index contributed by atoms with van der Waals surface area (Å²) in [5, 5.41) is 7.67. The van der Waals surface area contributed by atoms with Gasteiger partial charge in [0.05, 0.1) is 0 Å². The molecule has 0 spiro atoms. The van der Waals surface area contributed by atoms with Gasteiger partial charge in [0.25, 0.3) is 0 Å². The Kier molecular flexibility index (Phi) is 6.23. The van der Waals surface area contributed by atoms with Crippen molar-refractivity contribution in [1.29, 1.82) is 0 Å². The van der Waals surface area contributed by atoms with Crippen LogP contribution in [0.25, 0.3) is 71.3 Å². The number of benzene rings is 7. The highest BCUT2D eigenvalue weighted by Crippen LogP contribution is 2.45. The Morgan fingerprint density at radius 3 is 1.72 bits per heavy atom. The lowest BCUT2D eigenvalue weighted by Crippen LogP contribution is -1.93. The van der Waals surface area contributed by atoms with Gasteiger partial charge in [-0.05, 0) is 108 Å². The van der Waals surface area contributed by atoms with Crippen molar-refractivity contribution in [3.8, 4) is 33.4 Å².